The Kier molecular flexibility index (Phi) is 5.34. The molecule has 0 aromatic carbocycles. The van der Waals surface area contributed by atoms with Gasteiger partial charge in [-0.3, -0.25) is 4.79 Å². The lowest BCUT2D eigenvalue weighted by Crippen LogP contribution is -2.49. The number of fused-ring (bicyclic) bond motifs is 1. The molecule has 0 radical (unpaired) electrons. The summed E-state index contributed by atoms with van der Waals surface area (Å²) in [4.78, 5) is 25.0. The zero-order valence-electron chi connectivity index (χ0n) is 16.6. The highest BCUT2D eigenvalue weighted by molar-refractivity contribution is 5.99. The van der Waals surface area contributed by atoms with Crippen LogP contribution in [0.25, 0.3) is 0 Å². The number of Topliss-reactive ketones (excluding diaryl/α,β-unsaturated/α-hetero) is 1. The van der Waals surface area contributed by atoms with E-state index in [1.807, 2.05) is 13.0 Å². The average molecular weight is 348 g/mol. The second-order valence-corrected chi connectivity index (χ2v) is 8.54. The summed E-state index contributed by atoms with van der Waals surface area (Å²) in [5.41, 5.74) is 0.242. The van der Waals surface area contributed by atoms with Gasteiger partial charge in [0.1, 0.15) is 12.2 Å². The molecule has 0 bridgehead atoms. The summed E-state index contributed by atoms with van der Waals surface area (Å²) >= 11 is 0. The molecule has 140 valence electrons. The summed E-state index contributed by atoms with van der Waals surface area (Å²) in [7, 11) is 0. The number of aliphatic hydroxyl groups is 1. The van der Waals surface area contributed by atoms with Gasteiger partial charge in [0.05, 0.1) is 0 Å². The fourth-order valence-corrected chi connectivity index (χ4v) is 4.63. The van der Waals surface area contributed by atoms with Gasteiger partial charge < -0.3 is 9.84 Å². The molecule has 0 unspecified atom stereocenters. The standard InChI is InChI=1S/C21H32O4/c1-8-13(4)19(24)25-16-11-20(6,12(2)3)15-10-9-14(5)17(22)18(23)21(15,16)7/h8-9,12,15-16,18,23H,10-11H2,1-7H3/b13-8-/t15-,16+,18+,20-,21+/m0/s1. The second-order valence-electron chi connectivity index (χ2n) is 8.54. The summed E-state index contributed by atoms with van der Waals surface area (Å²) in [6, 6.07) is 0. The number of hydrogen-bond donors (Lipinski definition) is 1. The summed E-state index contributed by atoms with van der Waals surface area (Å²) < 4.78 is 5.85. The molecule has 4 heteroatoms. The van der Waals surface area contributed by atoms with Crippen LogP contribution in [0.15, 0.2) is 23.3 Å². The van der Waals surface area contributed by atoms with Crippen molar-refractivity contribution in [2.24, 2.45) is 22.7 Å². The van der Waals surface area contributed by atoms with Gasteiger partial charge in [0.25, 0.3) is 0 Å². The minimum absolute atomic E-state index is 0.0695. The molecular formula is C21H32O4. The highest BCUT2D eigenvalue weighted by atomic mass is 16.5. The van der Waals surface area contributed by atoms with Gasteiger partial charge in [0.2, 0.25) is 0 Å². The maximum Gasteiger partial charge on any atom is 0.333 e. The molecule has 0 aromatic rings. The Balaban J connectivity index is 2.51. The van der Waals surface area contributed by atoms with Crippen molar-refractivity contribution in [3.05, 3.63) is 23.3 Å². The zero-order valence-corrected chi connectivity index (χ0v) is 16.6. The lowest BCUT2D eigenvalue weighted by atomic mass is 9.62. The number of ketones is 1. The Labute approximate surface area is 151 Å². The fourth-order valence-electron chi connectivity index (χ4n) is 4.63. The van der Waals surface area contributed by atoms with E-state index >= 15 is 0 Å². The second kappa shape index (κ2) is 6.71. The van der Waals surface area contributed by atoms with E-state index in [-0.39, 0.29) is 23.1 Å². The Morgan fingerprint density at radius 2 is 2.00 bits per heavy atom. The van der Waals surface area contributed by atoms with Crippen molar-refractivity contribution in [1.29, 1.82) is 0 Å². The molecule has 2 rings (SSSR count). The van der Waals surface area contributed by atoms with Crippen LogP contribution in [0, 0.1) is 22.7 Å². The SMILES string of the molecule is C/C=C(/C)C(=O)O[C@@H]1C[C@@](C)(C(C)C)[C@@H]2CC=C(C)C(=O)[C@@H](O)[C@]21C. The summed E-state index contributed by atoms with van der Waals surface area (Å²) in [5, 5.41) is 11.0. The van der Waals surface area contributed by atoms with Gasteiger partial charge in [0.15, 0.2) is 5.78 Å². The molecule has 4 nitrogen and oxygen atoms in total. The Bertz CT molecular complexity index is 630. The Hall–Kier alpha value is -1.42. The lowest BCUT2D eigenvalue weighted by molar-refractivity contribution is -0.160. The van der Waals surface area contributed by atoms with Gasteiger partial charge in [-0.25, -0.2) is 4.79 Å². The van der Waals surface area contributed by atoms with E-state index in [0.29, 0.717) is 23.5 Å². The van der Waals surface area contributed by atoms with E-state index in [0.717, 1.165) is 6.42 Å². The fraction of sp³-hybridized carbons (Fsp3) is 0.714. The smallest absolute Gasteiger partial charge is 0.333 e. The first kappa shape index (κ1) is 19.9. The molecule has 5 atom stereocenters. The molecule has 1 saturated carbocycles. The number of allylic oxidation sites excluding steroid dienone is 2. The maximum absolute atomic E-state index is 12.6. The average Bonchev–Trinajstić information content (AvgIpc) is 2.74. The van der Waals surface area contributed by atoms with Crippen LogP contribution in [0.5, 0.6) is 0 Å². The van der Waals surface area contributed by atoms with Gasteiger partial charge in [-0.2, -0.15) is 0 Å². The summed E-state index contributed by atoms with van der Waals surface area (Å²) in [6.07, 6.45) is 3.41. The van der Waals surface area contributed by atoms with Gasteiger partial charge >= 0.3 is 5.97 Å². The molecule has 1 N–H and O–H groups in total. The van der Waals surface area contributed by atoms with Gasteiger partial charge in [-0.05, 0) is 56.4 Å². The monoisotopic (exact) mass is 348 g/mol. The third-order valence-corrected chi connectivity index (χ3v) is 7.07. The molecule has 2 aliphatic rings. The molecule has 0 amide bonds. The number of esters is 1. The Morgan fingerprint density at radius 3 is 2.52 bits per heavy atom. The molecule has 2 aliphatic carbocycles. The number of rotatable bonds is 3. The van der Waals surface area contributed by atoms with Crippen molar-refractivity contribution in [1.82, 2.24) is 0 Å². The minimum Gasteiger partial charge on any atom is -0.458 e. The van der Waals surface area contributed by atoms with Crippen molar-refractivity contribution >= 4 is 11.8 Å². The van der Waals surface area contributed by atoms with E-state index in [2.05, 4.69) is 20.8 Å². The van der Waals surface area contributed by atoms with E-state index in [1.165, 1.54) is 0 Å². The highest BCUT2D eigenvalue weighted by Crippen LogP contribution is 2.62. The normalized spacial score (nSPS) is 39.1. The van der Waals surface area contributed by atoms with E-state index in [1.54, 1.807) is 26.8 Å². The number of carbonyl (C=O) groups is 2. The molecule has 0 aliphatic heterocycles. The zero-order chi connectivity index (χ0) is 19.2. The van der Waals surface area contributed by atoms with Crippen LogP contribution in [0.3, 0.4) is 0 Å². The number of hydrogen-bond acceptors (Lipinski definition) is 4. The van der Waals surface area contributed by atoms with Gasteiger partial charge in [-0.15, -0.1) is 0 Å². The van der Waals surface area contributed by atoms with Gasteiger partial charge in [0, 0.05) is 11.0 Å². The van der Waals surface area contributed by atoms with Crippen LogP contribution >= 0.6 is 0 Å². The predicted molar refractivity (Wildman–Crippen MR) is 97.9 cm³/mol. The first-order chi connectivity index (χ1) is 11.5. The molecule has 0 heterocycles. The molecule has 0 spiro atoms. The van der Waals surface area contributed by atoms with Gasteiger partial charge in [-0.1, -0.05) is 39.8 Å². The molecule has 1 fully saturated rings. The number of ether oxygens (including phenoxy) is 1. The maximum atomic E-state index is 12.6. The first-order valence-corrected chi connectivity index (χ1v) is 9.23. The van der Waals surface area contributed by atoms with Crippen LogP contribution in [0.4, 0.5) is 0 Å². The van der Waals surface area contributed by atoms with E-state index in [9.17, 15) is 14.7 Å². The third-order valence-electron chi connectivity index (χ3n) is 7.07. The number of carbonyl (C=O) groups excluding carboxylic acids is 2. The summed E-state index contributed by atoms with van der Waals surface area (Å²) in [5.74, 6) is -0.201. The van der Waals surface area contributed by atoms with Crippen LogP contribution in [0.1, 0.15) is 61.3 Å². The number of aliphatic hydroxyl groups excluding tert-OH is 1. The molecule has 0 aromatic heterocycles. The first-order valence-electron chi connectivity index (χ1n) is 9.23. The van der Waals surface area contributed by atoms with E-state index in [4.69, 9.17) is 4.74 Å². The molecular weight excluding hydrogens is 316 g/mol. The van der Waals surface area contributed by atoms with Crippen molar-refractivity contribution in [2.45, 2.75) is 73.5 Å². The van der Waals surface area contributed by atoms with Crippen LogP contribution in [0.2, 0.25) is 0 Å². The third kappa shape index (κ3) is 2.99. The Morgan fingerprint density at radius 1 is 1.40 bits per heavy atom. The van der Waals surface area contributed by atoms with Crippen molar-refractivity contribution in [2.75, 3.05) is 0 Å². The molecule has 0 saturated heterocycles. The largest absolute Gasteiger partial charge is 0.458 e. The van der Waals surface area contributed by atoms with Crippen LogP contribution < -0.4 is 0 Å². The van der Waals surface area contributed by atoms with Crippen molar-refractivity contribution in [3.8, 4) is 0 Å². The minimum atomic E-state index is -1.15. The quantitative estimate of drug-likeness (QED) is 0.622. The topological polar surface area (TPSA) is 63.6 Å². The van der Waals surface area contributed by atoms with Crippen molar-refractivity contribution in [3.63, 3.8) is 0 Å². The van der Waals surface area contributed by atoms with Crippen molar-refractivity contribution < 1.29 is 19.4 Å². The van der Waals surface area contributed by atoms with Crippen LogP contribution in [-0.4, -0.2) is 29.1 Å². The highest BCUT2D eigenvalue weighted by Gasteiger charge is 2.64. The lowest BCUT2D eigenvalue weighted by Gasteiger charge is -2.43. The predicted octanol–water partition coefficient (Wildman–Crippen LogP) is 3.83. The van der Waals surface area contributed by atoms with E-state index < -0.39 is 17.6 Å². The molecule has 25 heavy (non-hydrogen) atoms. The summed E-state index contributed by atoms with van der Waals surface area (Å²) in [6.45, 7) is 13.7. The van der Waals surface area contributed by atoms with Crippen LogP contribution in [-0.2, 0) is 14.3 Å².